The molecular formula is C9H10Cl2F3NO2. The highest BCUT2D eigenvalue weighted by atomic mass is 35.5. The Kier molecular flexibility index (Phi) is 5.54. The predicted molar refractivity (Wildman–Crippen MR) is 59.3 cm³/mol. The number of hydrogen-bond donors (Lipinski definition) is 3. The number of nitrogens with two attached hydrogens (primary N) is 1. The molecule has 8 heteroatoms. The molecule has 1 aromatic carbocycles. The molecule has 1 rings (SSSR count). The van der Waals surface area contributed by atoms with E-state index in [1.54, 1.807) is 0 Å². The number of aliphatic hydroxyl groups is 1. The molecule has 0 fully saturated rings. The van der Waals surface area contributed by atoms with Gasteiger partial charge in [-0.15, -0.1) is 12.4 Å². The molecule has 0 aliphatic heterocycles. The summed E-state index contributed by atoms with van der Waals surface area (Å²) in [7, 11) is 0. The predicted octanol–water partition coefficient (Wildman–Crippen LogP) is 2.23. The molecule has 0 saturated heterocycles. The summed E-state index contributed by atoms with van der Waals surface area (Å²) in [6.45, 7) is -1.51. The minimum absolute atomic E-state index is 0. The summed E-state index contributed by atoms with van der Waals surface area (Å²) in [6.07, 6.45) is 0. The van der Waals surface area contributed by atoms with Crippen molar-refractivity contribution in [2.75, 3.05) is 6.61 Å². The number of halogens is 5. The van der Waals surface area contributed by atoms with E-state index in [0.717, 1.165) is 12.1 Å². The van der Waals surface area contributed by atoms with Gasteiger partial charge >= 0.3 is 0 Å². The molecular weight excluding hydrogens is 282 g/mol. The molecule has 1 atom stereocenters. The van der Waals surface area contributed by atoms with E-state index < -0.39 is 35.7 Å². The van der Waals surface area contributed by atoms with Crippen molar-refractivity contribution in [2.24, 2.45) is 5.73 Å². The zero-order valence-electron chi connectivity index (χ0n) is 8.33. The SMILES string of the molecule is Cl.N[C@@H](c1cc(Cl)cc(F)c1O)C(F)(F)CO. The second kappa shape index (κ2) is 5.77. The zero-order chi connectivity index (χ0) is 12.5. The van der Waals surface area contributed by atoms with Gasteiger partial charge < -0.3 is 15.9 Å². The van der Waals surface area contributed by atoms with Gasteiger partial charge in [0.15, 0.2) is 11.6 Å². The Bertz CT molecular complexity index is 404. The first kappa shape index (κ1) is 16.3. The Labute approximate surface area is 106 Å². The van der Waals surface area contributed by atoms with Crippen LogP contribution in [0.5, 0.6) is 5.75 Å². The quantitative estimate of drug-likeness (QED) is 0.800. The first-order valence-corrected chi connectivity index (χ1v) is 4.59. The molecule has 0 saturated carbocycles. The Balaban J connectivity index is 0.00000256. The fraction of sp³-hybridized carbons (Fsp3) is 0.333. The maximum Gasteiger partial charge on any atom is 0.289 e. The van der Waals surface area contributed by atoms with E-state index in [9.17, 15) is 18.3 Å². The van der Waals surface area contributed by atoms with E-state index in [0.29, 0.717) is 0 Å². The largest absolute Gasteiger partial charge is 0.505 e. The van der Waals surface area contributed by atoms with Crippen LogP contribution in [0.2, 0.25) is 5.02 Å². The van der Waals surface area contributed by atoms with Crippen molar-refractivity contribution in [2.45, 2.75) is 12.0 Å². The Morgan fingerprint density at radius 3 is 2.41 bits per heavy atom. The molecule has 17 heavy (non-hydrogen) atoms. The van der Waals surface area contributed by atoms with Crippen LogP contribution in [0.25, 0.3) is 0 Å². The van der Waals surface area contributed by atoms with Gasteiger partial charge in [-0.2, -0.15) is 0 Å². The second-order valence-electron chi connectivity index (χ2n) is 3.22. The van der Waals surface area contributed by atoms with Crippen molar-refractivity contribution in [3.63, 3.8) is 0 Å². The molecule has 0 unspecified atom stereocenters. The third-order valence-corrected chi connectivity index (χ3v) is 2.28. The number of aliphatic hydroxyl groups excluding tert-OH is 1. The van der Waals surface area contributed by atoms with Gasteiger partial charge in [0.25, 0.3) is 5.92 Å². The molecule has 0 aromatic heterocycles. The van der Waals surface area contributed by atoms with Crippen molar-refractivity contribution < 1.29 is 23.4 Å². The van der Waals surface area contributed by atoms with Gasteiger partial charge in [0, 0.05) is 10.6 Å². The molecule has 1 aromatic rings. The van der Waals surface area contributed by atoms with Crippen molar-refractivity contribution in [1.29, 1.82) is 0 Å². The number of benzene rings is 1. The van der Waals surface area contributed by atoms with Crippen molar-refractivity contribution in [3.05, 3.63) is 28.5 Å². The van der Waals surface area contributed by atoms with Gasteiger partial charge in [0.2, 0.25) is 0 Å². The van der Waals surface area contributed by atoms with E-state index in [4.69, 9.17) is 22.4 Å². The molecule has 0 aliphatic carbocycles. The van der Waals surface area contributed by atoms with E-state index in [-0.39, 0.29) is 17.4 Å². The highest BCUT2D eigenvalue weighted by molar-refractivity contribution is 6.30. The van der Waals surface area contributed by atoms with Gasteiger partial charge in [0.05, 0.1) is 0 Å². The molecule has 0 heterocycles. The summed E-state index contributed by atoms with van der Waals surface area (Å²) in [5.41, 5.74) is 4.57. The number of phenolic OH excluding ortho intramolecular Hbond substituents is 1. The molecule has 3 nitrogen and oxygen atoms in total. The highest BCUT2D eigenvalue weighted by Gasteiger charge is 2.39. The normalized spacial score (nSPS) is 13.1. The lowest BCUT2D eigenvalue weighted by Crippen LogP contribution is -2.36. The van der Waals surface area contributed by atoms with Crippen molar-refractivity contribution >= 4 is 24.0 Å². The van der Waals surface area contributed by atoms with Crippen LogP contribution in [-0.2, 0) is 0 Å². The van der Waals surface area contributed by atoms with Crippen LogP contribution in [-0.4, -0.2) is 22.7 Å². The maximum absolute atomic E-state index is 13.0. The minimum atomic E-state index is -3.67. The third-order valence-electron chi connectivity index (χ3n) is 2.06. The average Bonchev–Trinajstić information content (AvgIpc) is 2.22. The summed E-state index contributed by atoms with van der Waals surface area (Å²) in [5, 5.41) is 17.5. The summed E-state index contributed by atoms with van der Waals surface area (Å²) in [5.74, 6) is -5.81. The fourth-order valence-electron chi connectivity index (χ4n) is 1.15. The minimum Gasteiger partial charge on any atom is -0.505 e. The van der Waals surface area contributed by atoms with Crippen LogP contribution in [0.1, 0.15) is 11.6 Å². The van der Waals surface area contributed by atoms with E-state index >= 15 is 0 Å². The van der Waals surface area contributed by atoms with Gasteiger partial charge in [-0.3, -0.25) is 0 Å². The maximum atomic E-state index is 13.0. The number of hydrogen-bond acceptors (Lipinski definition) is 3. The van der Waals surface area contributed by atoms with Gasteiger partial charge in [-0.25, -0.2) is 13.2 Å². The van der Waals surface area contributed by atoms with Gasteiger partial charge in [-0.05, 0) is 12.1 Å². The van der Waals surface area contributed by atoms with Gasteiger partial charge in [-0.1, -0.05) is 11.6 Å². The second-order valence-corrected chi connectivity index (χ2v) is 3.66. The summed E-state index contributed by atoms with van der Waals surface area (Å²) in [4.78, 5) is 0. The molecule has 0 amide bonds. The number of alkyl halides is 2. The van der Waals surface area contributed by atoms with E-state index in [1.165, 1.54) is 0 Å². The molecule has 98 valence electrons. The number of aromatic hydroxyl groups is 1. The van der Waals surface area contributed by atoms with Crippen LogP contribution in [0, 0.1) is 5.82 Å². The Morgan fingerprint density at radius 2 is 1.94 bits per heavy atom. The Morgan fingerprint density at radius 1 is 1.41 bits per heavy atom. The van der Waals surface area contributed by atoms with Crippen LogP contribution in [0.15, 0.2) is 12.1 Å². The number of phenols is 1. The van der Waals surface area contributed by atoms with E-state index in [1.807, 2.05) is 0 Å². The lowest BCUT2D eigenvalue weighted by molar-refractivity contribution is -0.0716. The van der Waals surface area contributed by atoms with Crippen LogP contribution >= 0.6 is 24.0 Å². The van der Waals surface area contributed by atoms with Crippen LogP contribution < -0.4 is 5.73 Å². The zero-order valence-corrected chi connectivity index (χ0v) is 9.90. The summed E-state index contributed by atoms with van der Waals surface area (Å²) < 4.78 is 39.0. The topological polar surface area (TPSA) is 66.5 Å². The van der Waals surface area contributed by atoms with Crippen molar-refractivity contribution in [3.8, 4) is 5.75 Å². The lowest BCUT2D eigenvalue weighted by atomic mass is 10.0. The molecule has 0 bridgehead atoms. The lowest BCUT2D eigenvalue weighted by Gasteiger charge is -2.22. The first-order chi connectivity index (χ1) is 7.29. The molecule has 0 aliphatic rings. The average molecular weight is 292 g/mol. The fourth-order valence-corrected chi connectivity index (χ4v) is 1.36. The monoisotopic (exact) mass is 291 g/mol. The molecule has 0 radical (unpaired) electrons. The third kappa shape index (κ3) is 3.38. The van der Waals surface area contributed by atoms with Crippen molar-refractivity contribution in [1.82, 2.24) is 0 Å². The molecule has 0 spiro atoms. The van der Waals surface area contributed by atoms with E-state index in [2.05, 4.69) is 0 Å². The smallest absolute Gasteiger partial charge is 0.289 e. The summed E-state index contributed by atoms with van der Waals surface area (Å²) >= 11 is 5.45. The molecule has 4 N–H and O–H groups in total. The number of rotatable bonds is 3. The van der Waals surface area contributed by atoms with Gasteiger partial charge in [0.1, 0.15) is 12.6 Å². The standard InChI is InChI=1S/C9H9ClF3NO2.ClH/c10-4-1-5(7(16)6(11)2-4)8(14)9(12,13)3-15;/h1-2,8,15-16H,3,14H2;1H/t8-;/m0./s1. The first-order valence-electron chi connectivity index (χ1n) is 4.21. The highest BCUT2D eigenvalue weighted by Crippen LogP contribution is 2.36. The Hall–Kier alpha value is -0.690. The summed E-state index contributed by atoms with van der Waals surface area (Å²) in [6, 6.07) is -0.344. The van der Waals surface area contributed by atoms with Crippen LogP contribution in [0.4, 0.5) is 13.2 Å². The van der Waals surface area contributed by atoms with Crippen LogP contribution in [0.3, 0.4) is 0 Å².